The van der Waals surface area contributed by atoms with Gasteiger partial charge in [-0.2, -0.15) is 0 Å². The molecule has 2 rings (SSSR count). The molecule has 0 atom stereocenters. The van der Waals surface area contributed by atoms with E-state index in [1.54, 1.807) is 0 Å². The summed E-state index contributed by atoms with van der Waals surface area (Å²) in [7, 11) is 0. The molecule has 7 heteroatoms. The van der Waals surface area contributed by atoms with E-state index >= 15 is 0 Å². The number of aliphatic carboxylic acids is 1. The maximum Gasteiger partial charge on any atom is 0.311 e. The molecule has 0 aromatic carbocycles. The summed E-state index contributed by atoms with van der Waals surface area (Å²) in [5, 5.41) is 12.1. The zero-order valence-corrected chi connectivity index (χ0v) is 13.1. The quantitative estimate of drug-likeness (QED) is 0.878. The Kier molecular flexibility index (Phi) is 4.94. The molecule has 1 aliphatic rings. The van der Waals surface area contributed by atoms with Crippen LogP contribution in [-0.2, 0) is 4.79 Å². The number of carboxylic acids is 1. The van der Waals surface area contributed by atoms with Crippen molar-refractivity contribution in [3.63, 3.8) is 0 Å². The Labute approximate surface area is 131 Å². The molecule has 20 heavy (non-hydrogen) atoms. The zero-order chi connectivity index (χ0) is 14.8. The molecule has 1 aromatic heterocycles. The van der Waals surface area contributed by atoms with E-state index in [0.29, 0.717) is 27.1 Å². The molecule has 0 radical (unpaired) electrons. The molecule has 1 aliphatic carbocycles. The number of hydrogen-bond donors (Lipinski definition) is 2. The van der Waals surface area contributed by atoms with E-state index in [4.69, 9.17) is 23.2 Å². The van der Waals surface area contributed by atoms with Crippen LogP contribution in [0.25, 0.3) is 0 Å². The van der Waals surface area contributed by atoms with Crippen molar-refractivity contribution >= 4 is 46.4 Å². The molecule has 0 saturated heterocycles. The Bertz CT molecular complexity index is 524. The third-order valence-electron chi connectivity index (χ3n) is 3.75. The standard InChI is InChI=1S/C13H15Cl2NO3S/c14-9-6-8(10(15)20-9)11(17)16-7-13(12(18)19)4-2-1-3-5-13/h6H,1-5,7H2,(H,16,17)(H,18,19). The van der Waals surface area contributed by atoms with Crippen molar-refractivity contribution in [3.8, 4) is 0 Å². The van der Waals surface area contributed by atoms with Gasteiger partial charge >= 0.3 is 5.97 Å². The van der Waals surface area contributed by atoms with E-state index in [1.165, 1.54) is 6.07 Å². The molecule has 110 valence electrons. The Morgan fingerprint density at radius 1 is 1.30 bits per heavy atom. The fourth-order valence-corrected chi connectivity index (χ4v) is 3.99. The van der Waals surface area contributed by atoms with Gasteiger partial charge in [-0.15, -0.1) is 11.3 Å². The van der Waals surface area contributed by atoms with Crippen molar-refractivity contribution in [2.75, 3.05) is 6.54 Å². The normalized spacial score (nSPS) is 17.7. The number of carboxylic acid groups (broad SMARTS) is 1. The van der Waals surface area contributed by atoms with Gasteiger partial charge in [0, 0.05) is 6.54 Å². The largest absolute Gasteiger partial charge is 0.481 e. The lowest BCUT2D eigenvalue weighted by atomic mass is 9.74. The molecular formula is C13H15Cl2NO3S. The van der Waals surface area contributed by atoms with Gasteiger partial charge in [-0.05, 0) is 18.9 Å². The topological polar surface area (TPSA) is 66.4 Å². The van der Waals surface area contributed by atoms with Gasteiger partial charge in [-0.3, -0.25) is 9.59 Å². The third-order valence-corrected chi connectivity index (χ3v) is 5.24. The Hall–Kier alpha value is -0.780. The Morgan fingerprint density at radius 2 is 1.95 bits per heavy atom. The summed E-state index contributed by atoms with van der Waals surface area (Å²) in [6.07, 6.45) is 4.01. The highest BCUT2D eigenvalue weighted by Gasteiger charge is 2.39. The first-order valence-corrected chi connectivity index (χ1v) is 7.98. The van der Waals surface area contributed by atoms with E-state index in [0.717, 1.165) is 30.6 Å². The predicted octanol–water partition coefficient (Wildman–Crippen LogP) is 3.82. The third kappa shape index (κ3) is 3.27. The zero-order valence-electron chi connectivity index (χ0n) is 10.7. The number of nitrogens with one attached hydrogen (secondary N) is 1. The van der Waals surface area contributed by atoms with Gasteiger partial charge in [0.25, 0.3) is 5.91 Å². The lowest BCUT2D eigenvalue weighted by Gasteiger charge is -2.33. The van der Waals surface area contributed by atoms with Gasteiger partial charge < -0.3 is 10.4 Å². The molecule has 1 aromatic rings. The first-order chi connectivity index (χ1) is 9.44. The second-order valence-corrected chi connectivity index (χ2v) is 7.35. The molecule has 0 aliphatic heterocycles. The van der Waals surface area contributed by atoms with Gasteiger partial charge in [0.1, 0.15) is 4.34 Å². The average molecular weight is 336 g/mol. The summed E-state index contributed by atoms with van der Waals surface area (Å²) in [4.78, 5) is 23.5. The highest BCUT2D eigenvalue weighted by atomic mass is 35.5. The van der Waals surface area contributed by atoms with E-state index < -0.39 is 11.4 Å². The minimum atomic E-state index is -0.847. The van der Waals surface area contributed by atoms with Crippen LogP contribution in [0.5, 0.6) is 0 Å². The Morgan fingerprint density at radius 3 is 2.45 bits per heavy atom. The molecule has 1 amide bonds. The monoisotopic (exact) mass is 335 g/mol. The summed E-state index contributed by atoms with van der Waals surface area (Å²) in [6, 6.07) is 1.50. The van der Waals surface area contributed by atoms with Crippen LogP contribution in [-0.4, -0.2) is 23.5 Å². The maximum atomic E-state index is 12.0. The van der Waals surface area contributed by atoms with E-state index in [1.807, 2.05) is 0 Å². The molecular weight excluding hydrogens is 321 g/mol. The number of hydrogen-bond acceptors (Lipinski definition) is 3. The van der Waals surface area contributed by atoms with Gasteiger partial charge in [-0.1, -0.05) is 42.5 Å². The Balaban J connectivity index is 2.04. The summed E-state index contributed by atoms with van der Waals surface area (Å²) in [5.74, 6) is -1.21. The van der Waals surface area contributed by atoms with Gasteiger partial charge in [0.15, 0.2) is 0 Å². The summed E-state index contributed by atoms with van der Waals surface area (Å²) in [5.41, 5.74) is -0.543. The predicted molar refractivity (Wildman–Crippen MR) is 79.8 cm³/mol. The number of rotatable bonds is 4. The van der Waals surface area contributed by atoms with Crippen LogP contribution in [0.3, 0.4) is 0 Å². The van der Waals surface area contributed by atoms with Gasteiger partial charge in [0.05, 0.1) is 15.3 Å². The highest BCUT2D eigenvalue weighted by molar-refractivity contribution is 7.20. The minimum absolute atomic E-state index is 0.130. The summed E-state index contributed by atoms with van der Waals surface area (Å²) < 4.78 is 0.756. The number of thiophene rings is 1. The number of carbonyl (C=O) groups excluding carboxylic acids is 1. The van der Waals surface area contributed by atoms with Crippen LogP contribution in [0.2, 0.25) is 8.67 Å². The van der Waals surface area contributed by atoms with Crippen molar-refractivity contribution < 1.29 is 14.7 Å². The van der Waals surface area contributed by atoms with Crippen molar-refractivity contribution in [2.45, 2.75) is 32.1 Å². The van der Waals surface area contributed by atoms with Gasteiger partial charge in [-0.25, -0.2) is 0 Å². The minimum Gasteiger partial charge on any atom is -0.481 e. The molecule has 1 fully saturated rings. The lowest BCUT2D eigenvalue weighted by molar-refractivity contribution is -0.150. The van der Waals surface area contributed by atoms with Crippen molar-refractivity contribution in [1.82, 2.24) is 5.32 Å². The average Bonchev–Trinajstić information content (AvgIpc) is 2.76. The summed E-state index contributed by atoms with van der Waals surface area (Å²) in [6.45, 7) is 0.130. The molecule has 2 N–H and O–H groups in total. The second kappa shape index (κ2) is 6.33. The van der Waals surface area contributed by atoms with Crippen LogP contribution in [0.15, 0.2) is 6.07 Å². The van der Waals surface area contributed by atoms with Crippen molar-refractivity contribution in [1.29, 1.82) is 0 Å². The highest BCUT2D eigenvalue weighted by Crippen LogP contribution is 2.36. The van der Waals surface area contributed by atoms with E-state index in [-0.39, 0.29) is 12.5 Å². The van der Waals surface area contributed by atoms with E-state index in [2.05, 4.69) is 5.32 Å². The molecule has 0 unspecified atom stereocenters. The molecule has 1 heterocycles. The number of carbonyl (C=O) groups is 2. The summed E-state index contributed by atoms with van der Waals surface area (Å²) >= 11 is 12.8. The fraction of sp³-hybridized carbons (Fsp3) is 0.538. The van der Waals surface area contributed by atoms with Crippen LogP contribution in [0.1, 0.15) is 42.5 Å². The number of amides is 1. The molecule has 0 bridgehead atoms. The van der Waals surface area contributed by atoms with Crippen LogP contribution < -0.4 is 5.32 Å². The second-order valence-electron chi connectivity index (χ2n) is 5.07. The van der Waals surface area contributed by atoms with Crippen molar-refractivity contribution in [2.24, 2.45) is 5.41 Å². The van der Waals surface area contributed by atoms with Crippen molar-refractivity contribution in [3.05, 3.63) is 20.3 Å². The first kappa shape index (κ1) is 15.6. The molecule has 1 saturated carbocycles. The SMILES string of the molecule is O=C(NCC1(C(=O)O)CCCCC1)c1cc(Cl)sc1Cl. The van der Waals surface area contributed by atoms with Gasteiger partial charge in [0.2, 0.25) is 0 Å². The van der Waals surface area contributed by atoms with E-state index in [9.17, 15) is 14.7 Å². The van der Waals surface area contributed by atoms with Crippen LogP contribution in [0.4, 0.5) is 0 Å². The van der Waals surface area contributed by atoms with Crippen LogP contribution >= 0.6 is 34.5 Å². The maximum absolute atomic E-state index is 12.0. The smallest absolute Gasteiger partial charge is 0.311 e. The van der Waals surface area contributed by atoms with Crippen LogP contribution in [0, 0.1) is 5.41 Å². The lowest BCUT2D eigenvalue weighted by Crippen LogP contribution is -2.44. The number of halogens is 2. The molecule has 4 nitrogen and oxygen atoms in total. The molecule has 0 spiro atoms. The first-order valence-electron chi connectivity index (χ1n) is 6.41. The fourth-order valence-electron chi connectivity index (χ4n) is 2.53.